The van der Waals surface area contributed by atoms with Gasteiger partial charge in [-0.1, -0.05) is 54.6 Å². The van der Waals surface area contributed by atoms with E-state index in [1.807, 2.05) is 60.7 Å². The first-order valence-corrected chi connectivity index (χ1v) is 9.82. The van der Waals surface area contributed by atoms with E-state index in [2.05, 4.69) is 10.3 Å². The van der Waals surface area contributed by atoms with Gasteiger partial charge in [-0.3, -0.25) is 4.98 Å². The first-order valence-electron chi connectivity index (χ1n) is 9.82. The van der Waals surface area contributed by atoms with Gasteiger partial charge in [0.15, 0.2) is 0 Å². The standard InChI is InChI=1S/C25H22N2O3/c1-2-30-25(29)19-10-6-12-20(16-19)27-22(17-8-4-3-5-9-17)21-14-13-18-11-7-15-26-23(18)24(21)28/h3-16,22,27-28H,2H2,1H3/t22-/m1/s1. The van der Waals surface area contributed by atoms with Crippen LogP contribution in [-0.4, -0.2) is 22.7 Å². The predicted molar refractivity (Wildman–Crippen MR) is 118 cm³/mol. The van der Waals surface area contributed by atoms with Gasteiger partial charge < -0.3 is 15.2 Å². The number of anilines is 1. The van der Waals surface area contributed by atoms with Gasteiger partial charge >= 0.3 is 5.97 Å². The fourth-order valence-corrected chi connectivity index (χ4v) is 3.48. The van der Waals surface area contributed by atoms with Gasteiger partial charge in [0.2, 0.25) is 0 Å². The molecule has 4 aromatic rings. The number of fused-ring (bicyclic) bond motifs is 1. The van der Waals surface area contributed by atoms with Crippen LogP contribution in [-0.2, 0) is 4.74 Å². The average molecular weight is 398 g/mol. The number of phenolic OH excluding ortho intramolecular Hbond substituents is 1. The molecular weight excluding hydrogens is 376 g/mol. The van der Waals surface area contributed by atoms with E-state index in [-0.39, 0.29) is 17.8 Å². The minimum absolute atomic E-state index is 0.135. The van der Waals surface area contributed by atoms with E-state index in [0.29, 0.717) is 23.3 Å². The summed E-state index contributed by atoms with van der Waals surface area (Å²) in [6.07, 6.45) is 1.67. The van der Waals surface area contributed by atoms with E-state index in [1.54, 1.807) is 31.3 Å². The Morgan fingerprint density at radius 1 is 1.03 bits per heavy atom. The molecule has 0 bridgehead atoms. The van der Waals surface area contributed by atoms with E-state index in [0.717, 1.165) is 16.6 Å². The van der Waals surface area contributed by atoms with Crippen molar-refractivity contribution in [3.8, 4) is 5.75 Å². The smallest absolute Gasteiger partial charge is 0.338 e. The number of hydrogen-bond donors (Lipinski definition) is 2. The maximum Gasteiger partial charge on any atom is 0.338 e. The highest BCUT2D eigenvalue weighted by atomic mass is 16.5. The Balaban J connectivity index is 1.77. The number of esters is 1. The minimum atomic E-state index is -0.366. The van der Waals surface area contributed by atoms with Crippen LogP contribution in [0.3, 0.4) is 0 Å². The molecule has 150 valence electrons. The van der Waals surface area contributed by atoms with E-state index in [9.17, 15) is 9.90 Å². The zero-order valence-electron chi connectivity index (χ0n) is 16.6. The van der Waals surface area contributed by atoms with Crippen LogP contribution in [0.2, 0.25) is 0 Å². The lowest BCUT2D eigenvalue weighted by Gasteiger charge is -2.23. The molecule has 5 heteroatoms. The number of nitrogens with one attached hydrogen (secondary N) is 1. The molecule has 3 aromatic carbocycles. The largest absolute Gasteiger partial charge is 0.505 e. The molecule has 0 radical (unpaired) electrons. The monoisotopic (exact) mass is 398 g/mol. The predicted octanol–water partition coefficient (Wildman–Crippen LogP) is 5.32. The Morgan fingerprint density at radius 3 is 2.67 bits per heavy atom. The molecule has 0 saturated heterocycles. The molecule has 0 amide bonds. The van der Waals surface area contributed by atoms with Gasteiger partial charge in [-0.15, -0.1) is 0 Å². The number of benzene rings is 3. The molecule has 4 rings (SSSR count). The molecule has 0 unspecified atom stereocenters. The minimum Gasteiger partial charge on any atom is -0.505 e. The normalized spacial score (nSPS) is 11.8. The molecule has 2 N–H and O–H groups in total. The van der Waals surface area contributed by atoms with Crippen molar-refractivity contribution in [2.45, 2.75) is 13.0 Å². The molecule has 0 spiro atoms. The molecule has 0 aliphatic rings. The number of carbonyl (C=O) groups is 1. The lowest BCUT2D eigenvalue weighted by molar-refractivity contribution is 0.0526. The summed E-state index contributed by atoms with van der Waals surface area (Å²) in [6.45, 7) is 2.10. The van der Waals surface area contributed by atoms with Crippen molar-refractivity contribution < 1.29 is 14.6 Å². The summed E-state index contributed by atoms with van der Waals surface area (Å²) in [7, 11) is 0. The number of aromatic nitrogens is 1. The van der Waals surface area contributed by atoms with Crippen molar-refractivity contribution in [1.82, 2.24) is 4.98 Å². The third-order valence-corrected chi connectivity index (χ3v) is 4.91. The van der Waals surface area contributed by atoms with Gasteiger partial charge in [-0.25, -0.2) is 4.79 Å². The van der Waals surface area contributed by atoms with E-state index in [1.165, 1.54) is 0 Å². The maximum absolute atomic E-state index is 12.1. The Hall–Kier alpha value is -3.86. The number of aromatic hydroxyl groups is 1. The first kappa shape index (κ1) is 19.5. The summed E-state index contributed by atoms with van der Waals surface area (Å²) in [6, 6.07) is 24.3. The molecule has 30 heavy (non-hydrogen) atoms. The maximum atomic E-state index is 12.1. The second-order valence-electron chi connectivity index (χ2n) is 6.87. The number of hydrogen-bond acceptors (Lipinski definition) is 5. The van der Waals surface area contributed by atoms with Crippen LogP contribution in [0.25, 0.3) is 10.9 Å². The van der Waals surface area contributed by atoms with Crippen LogP contribution in [0.5, 0.6) is 5.75 Å². The molecule has 0 fully saturated rings. The van der Waals surface area contributed by atoms with E-state index >= 15 is 0 Å². The summed E-state index contributed by atoms with van der Waals surface area (Å²) in [5, 5.41) is 15.3. The molecular formula is C25H22N2O3. The number of carbonyl (C=O) groups excluding carboxylic acids is 1. The van der Waals surface area contributed by atoms with Crippen molar-refractivity contribution in [2.75, 3.05) is 11.9 Å². The second kappa shape index (κ2) is 8.66. The van der Waals surface area contributed by atoms with Gasteiger partial charge in [0.05, 0.1) is 18.2 Å². The fraction of sp³-hybridized carbons (Fsp3) is 0.120. The van der Waals surface area contributed by atoms with Crippen LogP contribution >= 0.6 is 0 Å². The van der Waals surface area contributed by atoms with E-state index < -0.39 is 0 Å². The van der Waals surface area contributed by atoms with Gasteiger partial charge in [0, 0.05) is 22.8 Å². The molecule has 1 aromatic heterocycles. The van der Waals surface area contributed by atoms with Crippen molar-refractivity contribution >= 4 is 22.6 Å². The highest BCUT2D eigenvalue weighted by molar-refractivity contribution is 5.90. The molecule has 1 heterocycles. The Labute approximate surface area is 175 Å². The zero-order chi connectivity index (χ0) is 20.9. The van der Waals surface area contributed by atoms with Gasteiger partial charge in [-0.05, 0) is 36.8 Å². The summed E-state index contributed by atoms with van der Waals surface area (Å²) in [5.74, 6) is -0.230. The van der Waals surface area contributed by atoms with Crippen molar-refractivity contribution in [3.63, 3.8) is 0 Å². The number of pyridine rings is 1. The fourth-order valence-electron chi connectivity index (χ4n) is 3.48. The second-order valence-corrected chi connectivity index (χ2v) is 6.87. The van der Waals surface area contributed by atoms with Crippen molar-refractivity contribution in [3.05, 3.63) is 102 Å². The van der Waals surface area contributed by atoms with E-state index in [4.69, 9.17) is 4.74 Å². The molecule has 0 aliphatic carbocycles. The van der Waals surface area contributed by atoms with Crippen molar-refractivity contribution in [2.24, 2.45) is 0 Å². The number of rotatable bonds is 6. The Bertz CT molecular complexity index is 1180. The summed E-state index contributed by atoms with van der Waals surface area (Å²) in [5.41, 5.74) is 3.45. The summed E-state index contributed by atoms with van der Waals surface area (Å²) < 4.78 is 5.11. The lowest BCUT2D eigenvalue weighted by Crippen LogP contribution is -2.13. The lowest BCUT2D eigenvalue weighted by atomic mass is 9.96. The van der Waals surface area contributed by atoms with Gasteiger partial charge in [0.1, 0.15) is 11.3 Å². The number of nitrogens with zero attached hydrogens (tertiary/aromatic N) is 1. The SMILES string of the molecule is CCOC(=O)c1cccc(N[C@H](c2ccccc2)c2ccc3cccnc3c2O)c1. The highest BCUT2D eigenvalue weighted by Gasteiger charge is 2.20. The zero-order valence-corrected chi connectivity index (χ0v) is 16.6. The van der Waals surface area contributed by atoms with Crippen LogP contribution in [0.4, 0.5) is 5.69 Å². The molecule has 1 atom stereocenters. The summed E-state index contributed by atoms with van der Waals surface area (Å²) >= 11 is 0. The summed E-state index contributed by atoms with van der Waals surface area (Å²) in [4.78, 5) is 16.5. The quantitative estimate of drug-likeness (QED) is 0.430. The van der Waals surface area contributed by atoms with Gasteiger partial charge in [-0.2, -0.15) is 0 Å². The van der Waals surface area contributed by atoms with Gasteiger partial charge in [0.25, 0.3) is 0 Å². The number of ether oxygens (including phenoxy) is 1. The Kier molecular flexibility index (Phi) is 5.61. The highest BCUT2D eigenvalue weighted by Crippen LogP contribution is 2.36. The van der Waals surface area contributed by atoms with Crippen molar-refractivity contribution in [1.29, 1.82) is 0 Å². The molecule has 0 aliphatic heterocycles. The molecule has 0 saturated carbocycles. The van der Waals surface area contributed by atoms with Crippen LogP contribution in [0, 0.1) is 0 Å². The number of phenols is 1. The van der Waals surface area contributed by atoms with Crippen LogP contribution in [0.15, 0.2) is 85.1 Å². The average Bonchev–Trinajstić information content (AvgIpc) is 2.79. The molecule has 5 nitrogen and oxygen atoms in total. The Morgan fingerprint density at radius 2 is 1.87 bits per heavy atom. The third kappa shape index (κ3) is 3.96. The topological polar surface area (TPSA) is 71.5 Å². The first-order chi connectivity index (χ1) is 14.7. The van der Waals surface area contributed by atoms with Crippen LogP contribution < -0.4 is 5.32 Å². The third-order valence-electron chi connectivity index (χ3n) is 4.91. The van der Waals surface area contributed by atoms with Crippen LogP contribution in [0.1, 0.15) is 34.5 Å².